The number of hydrogen-bond acceptors (Lipinski definition) is 2. The first-order chi connectivity index (χ1) is 11.8. The lowest BCUT2D eigenvalue weighted by Crippen LogP contribution is -2.19. The molecule has 1 unspecified atom stereocenters. The molecular weight excluding hydrogens is 294 g/mol. The maximum absolute atomic E-state index is 5.80. The van der Waals surface area contributed by atoms with Crippen molar-refractivity contribution in [1.82, 2.24) is 0 Å². The standard InChI is InChI=1S/C22H25NO/c1-3-14-24-20-11-12-21-18(16-20)15-19(4-2)23-22(21)13-10-17-8-6-5-7-9-17/h5-13,16,19H,3-4,14-15H2,1-2H3. The Bertz CT molecular complexity index is 731. The Morgan fingerprint density at radius 1 is 1.08 bits per heavy atom. The molecule has 1 aliphatic rings. The fourth-order valence-corrected chi connectivity index (χ4v) is 2.97. The quantitative estimate of drug-likeness (QED) is 0.707. The average Bonchev–Trinajstić information content (AvgIpc) is 2.64. The molecule has 124 valence electrons. The van der Waals surface area contributed by atoms with Crippen molar-refractivity contribution in [2.45, 2.75) is 39.2 Å². The number of aliphatic imine (C=N–C) groups is 1. The zero-order valence-electron chi connectivity index (χ0n) is 14.5. The molecule has 2 aromatic carbocycles. The molecular formula is C22H25NO. The van der Waals surface area contributed by atoms with Gasteiger partial charge in [-0.25, -0.2) is 0 Å². The first-order valence-electron chi connectivity index (χ1n) is 8.87. The summed E-state index contributed by atoms with van der Waals surface area (Å²) in [5.74, 6) is 0.971. The SMILES string of the molecule is CCCOc1ccc2c(c1)CC(CC)N=C2C=Cc1ccccc1. The molecule has 0 N–H and O–H groups in total. The minimum Gasteiger partial charge on any atom is -0.494 e. The van der Waals surface area contributed by atoms with E-state index in [0.717, 1.165) is 37.3 Å². The molecule has 0 amide bonds. The first-order valence-corrected chi connectivity index (χ1v) is 8.87. The maximum Gasteiger partial charge on any atom is 0.119 e. The lowest BCUT2D eigenvalue weighted by Gasteiger charge is -2.22. The normalized spacial score (nSPS) is 16.8. The summed E-state index contributed by atoms with van der Waals surface area (Å²) in [6, 6.07) is 17.1. The van der Waals surface area contributed by atoms with Crippen LogP contribution >= 0.6 is 0 Å². The Labute approximate surface area is 144 Å². The minimum atomic E-state index is 0.356. The molecule has 0 fully saturated rings. The van der Waals surface area contributed by atoms with Crippen LogP contribution in [0.15, 0.2) is 59.6 Å². The van der Waals surface area contributed by atoms with Crippen LogP contribution in [0.1, 0.15) is 43.4 Å². The topological polar surface area (TPSA) is 21.6 Å². The van der Waals surface area contributed by atoms with Crippen molar-refractivity contribution >= 4 is 11.8 Å². The van der Waals surface area contributed by atoms with E-state index < -0.39 is 0 Å². The van der Waals surface area contributed by atoms with E-state index in [1.165, 1.54) is 16.7 Å². The van der Waals surface area contributed by atoms with Gasteiger partial charge in [0.15, 0.2) is 0 Å². The Morgan fingerprint density at radius 3 is 2.67 bits per heavy atom. The van der Waals surface area contributed by atoms with E-state index in [9.17, 15) is 0 Å². The van der Waals surface area contributed by atoms with Gasteiger partial charge in [-0.15, -0.1) is 0 Å². The van der Waals surface area contributed by atoms with Crippen LogP contribution in [0.4, 0.5) is 0 Å². The molecule has 0 saturated heterocycles. The van der Waals surface area contributed by atoms with Crippen molar-refractivity contribution in [3.05, 3.63) is 71.3 Å². The van der Waals surface area contributed by atoms with Gasteiger partial charge in [0, 0.05) is 5.56 Å². The van der Waals surface area contributed by atoms with Crippen molar-refractivity contribution in [1.29, 1.82) is 0 Å². The Hall–Kier alpha value is -2.35. The van der Waals surface area contributed by atoms with E-state index in [4.69, 9.17) is 9.73 Å². The third kappa shape index (κ3) is 3.94. The number of fused-ring (bicyclic) bond motifs is 1. The van der Waals surface area contributed by atoms with Crippen LogP contribution in [0.5, 0.6) is 5.75 Å². The van der Waals surface area contributed by atoms with Gasteiger partial charge >= 0.3 is 0 Å². The predicted octanol–water partition coefficient (Wildman–Crippen LogP) is 5.31. The van der Waals surface area contributed by atoms with Crippen LogP contribution in [0.3, 0.4) is 0 Å². The largest absolute Gasteiger partial charge is 0.494 e. The highest BCUT2D eigenvalue weighted by Crippen LogP contribution is 2.26. The van der Waals surface area contributed by atoms with Gasteiger partial charge < -0.3 is 4.74 Å². The summed E-state index contributed by atoms with van der Waals surface area (Å²) >= 11 is 0. The van der Waals surface area contributed by atoms with Crippen LogP contribution in [-0.2, 0) is 6.42 Å². The summed E-state index contributed by atoms with van der Waals surface area (Å²) in [6.07, 6.45) is 7.37. The van der Waals surface area contributed by atoms with Crippen molar-refractivity contribution in [3.63, 3.8) is 0 Å². The van der Waals surface area contributed by atoms with Crippen molar-refractivity contribution in [3.8, 4) is 5.75 Å². The number of hydrogen-bond donors (Lipinski definition) is 0. The van der Waals surface area contributed by atoms with Gasteiger partial charge in [-0.05, 0) is 54.7 Å². The van der Waals surface area contributed by atoms with Crippen LogP contribution in [-0.4, -0.2) is 18.4 Å². The van der Waals surface area contributed by atoms with E-state index >= 15 is 0 Å². The Morgan fingerprint density at radius 2 is 1.92 bits per heavy atom. The minimum absolute atomic E-state index is 0.356. The van der Waals surface area contributed by atoms with E-state index in [2.05, 4.69) is 68.5 Å². The fraction of sp³-hybridized carbons (Fsp3) is 0.318. The highest BCUT2D eigenvalue weighted by molar-refractivity contribution is 6.12. The molecule has 2 nitrogen and oxygen atoms in total. The highest BCUT2D eigenvalue weighted by atomic mass is 16.5. The second-order valence-electron chi connectivity index (χ2n) is 6.19. The molecule has 1 atom stereocenters. The van der Waals surface area contributed by atoms with Gasteiger partial charge in [0.05, 0.1) is 18.4 Å². The zero-order chi connectivity index (χ0) is 16.8. The number of benzene rings is 2. The molecule has 0 saturated carbocycles. The molecule has 1 aliphatic heterocycles. The number of ether oxygens (including phenoxy) is 1. The molecule has 0 bridgehead atoms. The monoisotopic (exact) mass is 319 g/mol. The van der Waals surface area contributed by atoms with Gasteiger partial charge in [-0.1, -0.05) is 50.3 Å². The van der Waals surface area contributed by atoms with Crippen LogP contribution < -0.4 is 4.74 Å². The molecule has 2 heteroatoms. The van der Waals surface area contributed by atoms with Crippen LogP contribution in [0.25, 0.3) is 6.08 Å². The molecule has 2 aromatic rings. The van der Waals surface area contributed by atoms with E-state index in [-0.39, 0.29) is 0 Å². The molecule has 3 rings (SSSR count). The van der Waals surface area contributed by atoms with Crippen molar-refractivity contribution in [2.75, 3.05) is 6.61 Å². The summed E-state index contributed by atoms with van der Waals surface area (Å²) in [5.41, 5.74) is 4.85. The molecule has 0 aliphatic carbocycles. The predicted molar refractivity (Wildman–Crippen MR) is 102 cm³/mol. The van der Waals surface area contributed by atoms with E-state index in [0.29, 0.717) is 6.04 Å². The Kier molecular flexibility index (Phi) is 5.47. The zero-order valence-corrected chi connectivity index (χ0v) is 14.5. The number of rotatable bonds is 6. The second-order valence-corrected chi connectivity index (χ2v) is 6.19. The summed E-state index contributed by atoms with van der Waals surface area (Å²) in [6.45, 7) is 5.10. The highest BCUT2D eigenvalue weighted by Gasteiger charge is 2.19. The van der Waals surface area contributed by atoms with Crippen LogP contribution in [0, 0.1) is 0 Å². The molecule has 0 radical (unpaired) electrons. The van der Waals surface area contributed by atoms with Crippen molar-refractivity contribution < 1.29 is 4.74 Å². The first kappa shape index (κ1) is 16.5. The summed E-state index contributed by atoms with van der Waals surface area (Å²) < 4.78 is 5.80. The molecule has 0 aromatic heterocycles. The van der Waals surface area contributed by atoms with E-state index in [1.54, 1.807) is 0 Å². The smallest absolute Gasteiger partial charge is 0.119 e. The summed E-state index contributed by atoms with van der Waals surface area (Å²) in [4.78, 5) is 4.94. The van der Waals surface area contributed by atoms with Crippen LogP contribution in [0.2, 0.25) is 0 Å². The third-order valence-electron chi connectivity index (χ3n) is 4.31. The third-order valence-corrected chi connectivity index (χ3v) is 4.31. The van der Waals surface area contributed by atoms with E-state index in [1.807, 2.05) is 6.07 Å². The van der Waals surface area contributed by atoms with Gasteiger partial charge in [0.25, 0.3) is 0 Å². The fourth-order valence-electron chi connectivity index (χ4n) is 2.97. The summed E-state index contributed by atoms with van der Waals surface area (Å²) in [5, 5.41) is 0. The Balaban J connectivity index is 1.89. The number of nitrogens with zero attached hydrogens (tertiary/aromatic N) is 1. The van der Waals surface area contributed by atoms with Gasteiger partial charge in [-0.2, -0.15) is 0 Å². The lowest BCUT2D eigenvalue weighted by molar-refractivity contribution is 0.317. The number of allylic oxidation sites excluding steroid dienone is 1. The lowest BCUT2D eigenvalue weighted by atomic mass is 9.92. The molecule has 1 heterocycles. The van der Waals surface area contributed by atoms with Gasteiger partial charge in [0.2, 0.25) is 0 Å². The maximum atomic E-state index is 5.80. The van der Waals surface area contributed by atoms with Gasteiger partial charge in [0.1, 0.15) is 5.75 Å². The summed E-state index contributed by atoms with van der Waals surface area (Å²) in [7, 11) is 0. The average molecular weight is 319 g/mol. The van der Waals surface area contributed by atoms with Gasteiger partial charge in [-0.3, -0.25) is 4.99 Å². The molecule has 24 heavy (non-hydrogen) atoms. The van der Waals surface area contributed by atoms with Crippen molar-refractivity contribution in [2.24, 2.45) is 4.99 Å². The molecule has 0 spiro atoms. The second kappa shape index (κ2) is 7.96.